The standard InChI is InChI=1S/C30H34F2N6O/c1-2-36-15-12-29(13-16-36)24-5-3-4-6-25(24)38(28(29)39)20-23-17-22-19-34-26(18-33)35-27(22)37(23)14-9-21-7-10-30(31,32)11-8-21/h3-6,17,19,21H,2,7-16,20H2,1H3. The normalized spacial score (nSPS) is 21.0. The average molecular weight is 533 g/mol. The number of carbonyl (C=O) groups is 1. The van der Waals surface area contributed by atoms with Crippen LogP contribution in [0.2, 0.25) is 0 Å². The zero-order chi connectivity index (χ0) is 27.2. The van der Waals surface area contributed by atoms with Gasteiger partial charge in [0.2, 0.25) is 17.7 Å². The second kappa shape index (κ2) is 9.98. The number of halogens is 2. The highest BCUT2D eigenvalue weighted by atomic mass is 19.3. The molecule has 2 aromatic heterocycles. The smallest absolute Gasteiger partial charge is 0.248 e. The highest BCUT2D eigenvalue weighted by Crippen LogP contribution is 2.48. The first-order valence-corrected chi connectivity index (χ1v) is 14.1. The van der Waals surface area contributed by atoms with E-state index in [1.807, 2.05) is 35.2 Å². The van der Waals surface area contributed by atoms with Crippen LogP contribution < -0.4 is 4.90 Å². The van der Waals surface area contributed by atoms with E-state index < -0.39 is 11.3 Å². The summed E-state index contributed by atoms with van der Waals surface area (Å²) in [6.45, 7) is 5.93. The van der Waals surface area contributed by atoms with Gasteiger partial charge in [-0.2, -0.15) is 5.26 Å². The fourth-order valence-electron chi connectivity index (χ4n) is 6.88. The van der Waals surface area contributed by atoms with Crippen LogP contribution >= 0.6 is 0 Å². The molecule has 39 heavy (non-hydrogen) atoms. The maximum atomic E-state index is 14.2. The molecule has 1 aromatic carbocycles. The van der Waals surface area contributed by atoms with Crippen molar-refractivity contribution in [1.29, 1.82) is 5.26 Å². The molecule has 0 N–H and O–H groups in total. The molecule has 1 aliphatic carbocycles. The van der Waals surface area contributed by atoms with Gasteiger partial charge in [0.25, 0.3) is 0 Å². The van der Waals surface area contributed by atoms with Gasteiger partial charge in [0.1, 0.15) is 11.7 Å². The van der Waals surface area contributed by atoms with Crippen molar-refractivity contribution in [1.82, 2.24) is 19.4 Å². The van der Waals surface area contributed by atoms with Crippen LogP contribution in [0, 0.1) is 17.2 Å². The molecule has 2 aliphatic heterocycles. The summed E-state index contributed by atoms with van der Waals surface area (Å²) in [6, 6.07) is 12.2. The van der Waals surface area contributed by atoms with Crippen molar-refractivity contribution in [2.24, 2.45) is 5.92 Å². The van der Waals surface area contributed by atoms with Crippen LogP contribution in [0.1, 0.15) is 69.0 Å². The van der Waals surface area contributed by atoms with E-state index in [0.717, 1.165) is 61.2 Å². The molecule has 0 radical (unpaired) electrons. The molecule has 6 rings (SSSR count). The molecule has 1 saturated carbocycles. The lowest BCUT2D eigenvalue weighted by atomic mass is 9.73. The van der Waals surface area contributed by atoms with Gasteiger partial charge in [-0.15, -0.1) is 0 Å². The Bertz CT molecular complexity index is 1420. The number of nitriles is 1. The summed E-state index contributed by atoms with van der Waals surface area (Å²) >= 11 is 0. The maximum absolute atomic E-state index is 14.2. The number of rotatable bonds is 6. The van der Waals surface area contributed by atoms with Crippen LogP contribution in [0.25, 0.3) is 11.0 Å². The Morgan fingerprint density at radius 1 is 1.13 bits per heavy atom. The van der Waals surface area contributed by atoms with Gasteiger partial charge in [-0.3, -0.25) is 4.79 Å². The number of fused-ring (bicyclic) bond motifs is 3. The minimum atomic E-state index is -2.55. The van der Waals surface area contributed by atoms with E-state index in [0.29, 0.717) is 31.6 Å². The number of aromatic nitrogens is 3. The third-order valence-electron chi connectivity index (χ3n) is 9.26. The van der Waals surface area contributed by atoms with Gasteiger partial charge >= 0.3 is 0 Å². The van der Waals surface area contributed by atoms with E-state index in [1.165, 1.54) is 0 Å². The van der Waals surface area contributed by atoms with Crippen molar-refractivity contribution < 1.29 is 13.6 Å². The molecule has 0 unspecified atom stereocenters. The molecular formula is C30H34F2N6O. The molecule has 1 amide bonds. The second-order valence-electron chi connectivity index (χ2n) is 11.4. The topological polar surface area (TPSA) is 78.1 Å². The fourth-order valence-corrected chi connectivity index (χ4v) is 6.88. The van der Waals surface area contributed by atoms with Gasteiger partial charge in [-0.25, -0.2) is 18.7 Å². The van der Waals surface area contributed by atoms with Gasteiger partial charge in [0.05, 0.1) is 12.0 Å². The van der Waals surface area contributed by atoms with Crippen LogP contribution in [0.3, 0.4) is 0 Å². The third kappa shape index (κ3) is 4.59. The lowest BCUT2D eigenvalue weighted by Gasteiger charge is -2.38. The number of benzene rings is 1. The van der Waals surface area contributed by atoms with E-state index in [9.17, 15) is 18.8 Å². The van der Waals surface area contributed by atoms with Gasteiger partial charge in [0.15, 0.2) is 0 Å². The van der Waals surface area contributed by atoms with Gasteiger partial charge in [0, 0.05) is 42.4 Å². The summed E-state index contributed by atoms with van der Waals surface area (Å²) in [6.07, 6.45) is 4.91. The van der Waals surface area contributed by atoms with Crippen molar-refractivity contribution in [3.8, 4) is 6.07 Å². The number of para-hydroxylation sites is 1. The first-order valence-electron chi connectivity index (χ1n) is 14.1. The van der Waals surface area contributed by atoms with E-state index in [4.69, 9.17) is 0 Å². The molecular weight excluding hydrogens is 498 g/mol. The summed E-state index contributed by atoms with van der Waals surface area (Å²) in [4.78, 5) is 27.2. The van der Waals surface area contributed by atoms with Crippen LogP contribution in [0.5, 0.6) is 0 Å². The van der Waals surface area contributed by atoms with Crippen molar-refractivity contribution in [2.75, 3.05) is 24.5 Å². The van der Waals surface area contributed by atoms with Crippen molar-refractivity contribution >= 4 is 22.6 Å². The summed E-state index contributed by atoms with van der Waals surface area (Å²) in [5, 5.41) is 10.2. The van der Waals surface area contributed by atoms with E-state index in [2.05, 4.69) is 32.4 Å². The van der Waals surface area contributed by atoms with Crippen LogP contribution in [0.15, 0.2) is 36.5 Å². The Hall–Kier alpha value is -3.38. The Labute approximate surface area is 227 Å². The monoisotopic (exact) mass is 532 g/mol. The fraction of sp³-hybridized carbons (Fsp3) is 0.533. The number of aryl methyl sites for hydroxylation is 1. The van der Waals surface area contributed by atoms with Gasteiger partial charge < -0.3 is 14.4 Å². The molecule has 9 heteroatoms. The van der Waals surface area contributed by atoms with Crippen LogP contribution in [0.4, 0.5) is 14.5 Å². The highest BCUT2D eigenvalue weighted by Gasteiger charge is 2.51. The highest BCUT2D eigenvalue weighted by molar-refractivity contribution is 6.08. The summed E-state index contributed by atoms with van der Waals surface area (Å²) in [7, 11) is 0. The summed E-state index contributed by atoms with van der Waals surface area (Å²) in [5.41, 5.74) is 3.15. The summed E-state index contributed by atoms with van der Waals surface area (Å²) < 4.78 is 29.5. The molecule has 1 spiro atoms. The molecule has 4 heterocycles. The van der Waals surface area contributed by atoms with Gasteiger partial charge in [-0.05, 0) is 75.4 Å². The first kappa shape index (κ1) is 25.9. The average Bonchev–Trinajstić information content (AvgIpc) is 3.41. The number of alkyl halides is 2. The van der Waals surface area contributed by atoms with E-state index >= 15 is 0 Å². The van der Waals surface area contributed by atoms with Crippen molar-refractivity contribution in [3.63, 3.8) is 0 Å². The number of hydrogen-bond acceptors (Lipinski definition) is 5. The number of likely N-dealkylation sites (tertiary alicyclic amines) is 1. The first-order chi connectivity index (χ1) is 18.8. The van der Waals surface area contributed by atoms with E-state index in [1.54, 1.807) is 6.20 Å². The van der Waals surface area contributed by atoms with Crippen molar-refractivity contribution in [3.05, 3.63) is 53.6 Å². The molecule has 204 valence electrons. The van der Waals surface area contributed by atoms with Crippen molar-refractivity contribution in [2.45, 2.75) is 76.3 Å². The zero-order valence-corrected chi connectivity index (χ0v) is 22.4. The minimum Gasteiger partial charge on any atom is -0.328 e. The Morgan fingerprint density at radius 3 is 2.59 bits per heavy atom. The number of hydrogen-bond donors (Lipinski definition) is 0. The van der Waals surface area contributed by atoms with Crippen LogP contribution in [-0.2, 0) is 23.3 Å². The molecule has 3 aromatic rings. The van der Waals surface area contributed by atoms with Crippen LogP contribution in [-0.4, -0.2) is 50.9 Å². The molecule has 7 nitrogen and oxygen atoms in total. The quantitative estimate of drug-likeness (QED) is 0.424. The SMILES string of the molecule is CCN1CCC2(CC1)C(=O)N(Cc1cc3cnc(C#N)nc3n1CCC1CCC(F)(F)CC1)c1ccccc12. The Kier molecular flexibility index (Phi) is 6.62. The lowest BCUT2D eigenvalue weighted by molar-refractivity contribution is -0.125. The molecule has 1 saturated heterocycles. The largest absolute Gasteiger partial charge is 0.328 e. The Balaban J connectivity index is 1.32. The number of piperidine rings is 1. The Morgan fingerprint density at radius 2 is 1.87 bits per heavy atom. The predicted molar refractivity (Wildman–Crippen MR) is 144 cm³/mol. The predicted octanol–water partition coefficient (Wildman–Crippen LogP) is 5.42. The van der Waals surface area contributed by atoms with Gasteiger partial charge in [-0.1, -0.05) is 25.1 Å². The molecule has 2 fully saturated rings. The molecule has 0 bridgehead atoms. The maximum Gasteiger partial charge on any atom is 0.248 e. The molecule has 3 aliphatic rings. The zero-order valence-electron chi connectivity index (χ0n) is 22.4. The second-order valence-corrected chi connectivity index (χ2v) is 11.4. The van der Waals surface area contributed by atoms with E-state index in [-0.39, 0.29) is 30.5 Å². The minimum absolute atomic E-state index is 0.0612. The number of nitrogens with zero attached hydrogens (tertiary/aromatic N) is 6. The summed E-state index contributed by atoms with van der Waals surface area (Å²) in [5.74, 6) is -2.10. The molecule has 0 atom stereocenters. The lowest BCUT2D eigenvalue weighted by Crippen LogP contribution is -2.48. The number of carbonyl (C=O) groups excluding carboxylic acids is 1. The third-order valence-corrected chi connectivity index (χ3v) is 9.26. The number of anilines is 1. The number of amides is 1.